The number of nitrogens with two attached hydrogens (primary N) is 1. The van der Waals surface area contributed by atoms with Gasteiger partial charge in [-0.15, -0.1) is 11.3 Å². The van der Waals surface area contributed by atoms with Crippen LogP contribution in [0.15, 0.2) is 38.6 Å². The molecule has 2 rings (SSSR count). The first kappa shape index (κ1) is 15.0. The van der Waals surface area contributed by atoms with E-state index in [4.69, 9.17) is 10.5 Å². The minimum absolute atomic E-state index is 0.0797. The molecule has 1 aromatic heterocycles. The average molecular weight is 405 g/mol. The van der Waals surface area contributed by atoms with Crippen LogP contribution in [0.25, 0.3) is 0 Å². The van der Waals surface area contributed by atoms with Gasteiger partial charge in [-0.05, 0) is 53.5 Å². The van der Waals surface area contributed by atoms with Crippen LogP contribution in [0.4, 0.5) is 0 Å². The van der Waals surface area contributed by atoms with Gasteiger partial charge >= 0.3 is 0 Å². The van der Waals surface area contributed by atoms with E-state index in [1.54, 1.807) is 11.3 Å². The molecule has 2 nitrogen and oxygen atoms in total. The number of aryl methyl sites for hydroxylation is 1. The lowest BCUT2D eigenvalue weighted by atomic mass is 10.1. The van der Waals surface area contributed by atoms with E-state index in [1.165, 1.54) is 0 Å². The van der Waals surface area contributed by atoms with Gasteiger partial charge in [-0.1, -0.05) is 22.0 Å². The maximum absolute atomic E-state index is 6.12. The van der Waals surface area contributed by atoms with Gasteiger partial charge in [-0.2, -0.15) is 0 Å². The van der Waals surface area contributed by atoms with Crippen LogP contribution in [0.1, 0.15) is 23.5 Å². The topological polar surface area (TPSA) is 35.2 Å². The predicted octanol–water partition coefficient (Wildman–Crippen LogP) is 5.05. The van der Waals surface area contributed by atoms with Gasteiger partial charge in [0.25, 0.3) is 0 Å². The van der Waals surface area contributed by atoms with Gasteiger partial charge < -0.3 is 10.5 Å². The molecule has 0 aliphatic rings. The molecule has 0 bridgehead atoms. The molecule has 19 heavy (non-hydrogen) atoms. The summed E-state index contributed by atoms with van der Waals surface area (Å²) in [4.78, 5) is 1.13. The molecule has 0 saturated heterocycles. The second kappa shape index (κ2) is 6.39. The molecule has 0 aliphatic carbocycles. The molecule has 102 valence electrons. The molecule has 2 atom stereocenters. The summed E-state index contributed by atoms with van der Waals surface area (Å²) in [5.74, 6) is 0.862. The monoisotopic (exact) mass is 403 g/mol. The summed E-state index contributed by atoms with van der Waals surface area (Å²) in [6.45, 7) is 4.00. The molecule has 0 fully saturated rings. The number of thiophene rings is 1. The van der Waals surface area contributed by atoms with Crippen LogP contribution < -0.4 is 10.5 Å². The fourth-order valence-corrected chi connectivity index (χ4v) is 3.67. The second-order valence-corrected chi connectivity index (χ2v) is 7.25. The molecule has 0 saturated carbocycles. The lowest BCUT2D eigenvalue weighted by Crippen LogP contribution is -2.28. The lowest BCUT2D eigenvalue weighted by molar-refractivity contribution is 0.183. The van der Waals surface area contributed by atoms with Crippen molar-refractivity contribution in [2.24, 2.45) is 5.73 Å². The van der Waals surface area contributed by atoms with E-state index < -0.39 is 0 Å². The highest BCUT2D eigenvalue weighted by molar-refractivity contribution is 9.10. The van der Waals surface area contributed by atoms with Crippen molar-refractivity contribution in [1.82, 2.24) is 0 Å². The van der Waals surface area contributed by atoms with E-state index in [2.05, 4.69) is 37.9 Å². The Bertz CT molecular complexity index is 568. The van der Waals surface area contributed by atoms with Gasteiger partial charge in [0, 0.05) is 25.2 Å². The fraction of sp³-hybridized carbons (Fsp3) is 0.286. The van der Waals surface area contributed by atoms with E-state index in [0.717, 1.165) is 25.1 Å². The first-order chi connectivity index (χ1) is 8.97. The van der Waals surface area contributed by atoms with E-state index in [9.17, 15) is 0 Å². The van der Waals surface area contributed by atoms with E-state index in [-0.39, 0.29) is 12.1 Å². The highest BCUT2D eigenvalue weighted by Gasteiger charge is 2.21. The first-order valence-corrected chi connectivity index (χ1v) is 8.36. The number of rotatable bonds is 4. The molecule has 5 heteroatoms. The molecule has 0 amide bonds. The summed E-state index contributed by atoms with van der Waals surface area (Å²) in [7, 11) is 0. The molecule has 2 N–H and O–H groups in total. The average Bonchev–Trinajstić information content (AvgIpc) is 2.76. The Morgan fingerprint density at radius 2 is 1.95 bits per heavy atom. The second-order valence-electron chi connectivity index (χ2n) is 4.47. The van der Waals surface area contributed by atoms with Crippen molar-refractivity contribution in [2.45, 2.75) is 26.0 Å². The summed E-state index contributed by atoms with van der Waals surface area (Å²) in [6.07, 6.45) is -0.135. The third-order valence-corrected chi connectivity index (χ3v) is 5.00. The van der Waals surface area contributed by atoms with Crippen LogP contribution in [-0.2, 0) is 0 Å². The molecular formula is C14H15Br2NOS. The van der Waals surface area contributed by atoms with Crippen LogP contribution in [0.3, 0.4) is 0 Å². The summed E-state index contributed by atoms with van der Waals surface area (Å²) in [5, 5.41) is 2.04. The summed E-state index contributed by atoms with van der Waals surface area (Å²) >= 11 is 8.59. The normalized spacial score (nSPS) is 14.2. The molecule has 0 aliphatic heterocycles. The number of halogens is 2. The van der Waals surface area contributed by atoms with Crippen LogP contribution in [0.5, 0.6) is 5.75 Å². The van der Waals surface area contributed by atoms with Gasteiger partial charge in [-0.3, -0.25) is 0 Å². The molecule has 1 heterocycles. The van der Waals surface area contributed by atoms with Crippen molar-refractivity contribution in [1.29, 1.82) is 0 Å². The molecule has 1 aromatic carbocycles. The van der Waals surface area contributed by atoms with Crippen LogP contribution in [-0.4, -0.2) is 6.04 Å². The Labute approximate surface area is 134 Å². The minimum atomic E-state index is -0.135. The van der Waals surface area contributed by atoms with Crippen LogP contribution in [0, 0.1) is 6.92 Å². The third kappa shape index (κ3) is 3.81. The van der Waals surface area contributed by atoms with Crippen molar-refractivity contribution < 1.29 is 4.74 Å². The van der Waals surface area contributed by atoms with Crippen molar-refractivity contribution in [2.75, 3.05) is 0 Å². The van der Waals surface area contributed by atoms with Gasteiger partial charge in [0.2, 0.25) is 0 Å². The van der Waals surface area contributed by atoms with Crippen molar-refractivity contribution >= 4 is 43.2 Å². The zero-order valence-electron chi connectivity index (χ0n) is 10.7. The maximum Gasteiger partial charge on any atom is 0.148 e. The van der Waals surface area contributed by atoms with Gasteiger partial charge in [-0.25, -0.2) is 0 Å². The first-order valence-electron chi connectivity index (χ1n) is 5.89. The largest absolute Gasteiger partial charge is 0.483 e. The number of ether oxygens (including phenoxy) is 1. The molecule has 2 unspecified atom stereocenters. The molecule has 0 radical (unpaired) electrons. The van der Waals surface area contributed by atoms with Crippen molar-refractivity contribution in [3.63, 3.8) is 0 Å². The fourth-order valence-electron chi connectivity index (χ4n) is 1.74. The van der Waals surface area contributed by atoms with Gasteiger partial charge in [0.05, 0.1) is 0 Å². The standard InChI is InChI=1S/C14H15Br2NOS/c1-8-3-4-10(15)5-12(8)18-14(9(2)17)13-6-11(16)7-19-13/h3-7,9,14H,17H2,1-2H3. The maximum atomic E-state index is 6.12. The molecule has 0 spiro atoms. The van der Waals surface area contributed by atoms with E-state index >= 15 is 0 Å². The van der Waals surface area contributed by atoms with E-state index in [1.807, 2.05) is 37.4 Å². The van der Waals surface area contributed by atoms with Crippen LogP contribution >= 0.6 is 43.2 Å². The minimum Gasteiger partial charge on any atom is -0.483 e. The summed E-state index contributed by atoms with van der Waals surface area (Å²) in [5.41, 5.74) is 7.17. The summed E-state index contributed by atoms with van der Waals surface area (Å²) < 4.78 is 8.19. The van der Waals surface area contributed by atoms with Crippen molar-refractivity contribution in [3.05, 3.63) is 49.0 Å². The Balaban J connectivity index is 2.29. The highest BCUT2D eigenvalue weighted by atomic mass is 79.9. The number of hydrogen-bond donors (Lipinski definition) is 1. The SMILES string of the molecule is Cc1ccc(Br)cc1OC(c1cc(Br)cs1)C(C)N. The van der Waals surface area contributed by atoms with Crippen LogP contribution in [0.2, 0.25) is 0 Å². The smallest absolute Gasteiger partial charge is 0.148 e. The van der Waals surface area contributed by atoms with Gasteiger partial charge in [0.15, 0.2) is 0 Å². The van der Waals surface area contributed by atoms with Crippen molar-refractivity contribution in [3.8, 4) is 5.75 Å². The lowest BCUT2D eigenvalue weighted by Gasteiger charge is -2.22. The number of hydrogen-bond acceptors (Lipinski definition) is 3. The van der Waals surface area contributed by atoms with E-state index in [0.29, 0.717) is 0 Å². The summed E-state index contributed by atoms with van der Waals surface area (Å²) in [6, 6.07) is 8.00. The quantitative estimate of drug-likeness (QED) is 0.773. The Kier molecular flexibility index (Phi) is 5.06. The Hall–Kier alpha value is -0.360. The Morgan fingerprint density at radius 3 is 2.53 bits per heavy atom. The molecule has 2 aromatic rings. The predicted molar refractivity (Wildman–Crippen MR) is 87.9 cm³/mol. The highest BCUT2D eigenvalue weighted by Crippen LogP contribution is 2.33. The van der Waals surface area contributed by atoms with Gasteiger partial charge in [0.1, 0.15) is 11.9 Å². The number of benzene rings is 1. The zero-order valence-corrected chi connectivity index (χ0v) is 14.7. The Morgan fingerprint density at radius 1 is 1.21 bits per heavy atom. The third-order valence-electron chi connectivity index (χ3n) is 2.75. The zero-order chi connectivity index (χ0) is 14.0. The molecular weight excluding hydrogens is 390 g/mol.